The predicted molar refractivity (Wildman–Crippen MR) is 61.4 cm³/mol. The fourth-order valence-electron chi connectivity index (χ4n) is 3.04. The summed E-state index contributed by atoms with van der Waals surface area (Å²) >= 11 is 0. The Hall–Kier alpha value is -1.04. The number of amides is 1. The zero-order valence-electron chi connectivity index (χ0n) is 9.74. The third kappa shape index (κ3) is 2.55. The van der Waals surface area contributed by atoms with Crippen molar-refractivity contribution in [3.05, 3.63) is 0 Å². The van der Waals surface area contributed by atoms with Gasteiger partial charge in [0.1, 0.15) is 0 Å². The van der Waals surface area contributed by atoms with Crippen LogP contribution in [-0.4, -0.2) is 12.5 Å². The van der Waals surface area contributed by atoms with Crippen molar-refractivity contribution < 1.29 is 4.79 Å². The van der Waals surface area contributed by atoms with E-state index in [1.54, 1.807) is 0 Å². The number of hydrogen-bond acceptors (Lipinski definition) is 2. The van der Waals surface area contributed by atoms with Crippen LogP contribution in [0.4, 0.5) is 0 Å². The van der Waals surface area contributed by atoms with Crippen LogP contribution in [0.2, 0.25) is 0 Å². The van der Waals surface area contributed by atoms with Gasteiger partial charge in [-0.1, -0.05) is 12.8 Å². The summed E-state index contributed by atoms with van der Waals surface area (Å²) in [6.07, 6.45) is 7.58. The zero-order valence-corrected chi connectivity index (χ0v) is 9.74. The van der Waals surface area contributed by atoms with E-state index in [0.717, 1.165) is 19.4 Å². The lowest BCUT2D eigenvalue weighted by atomic mass is 10.0. The summed E-state index contributed by atoms with van der Waals surface area (Å²) in [6.45, 7) is 0.746. The fraction of sp³-hybridized carbons (Fsp3) is 0.846. The highest BCUT2D eigenvalue weighted by molar-refractivity contribution is 5.82. The molecule has 0 spiro atoms. The van der Waals surface area contributed by atoms with Gasteiger partial charge >= 0.3 is 0 Å². The highest BCUT2D eigenvalue weighted by Gasteiger charge is 2.54. The minimum atomic E-state index is 0.272. The molecule has 0 aliphatic heterocycles. The van der Waals surface area contributed by atoms with E-state index in [-0.39, 0.29) is 5.91 Å². The maximum absolute atomic E-state index is 11.8. The first kappa shape index (κ1) is 11.4. The molecule has 2 aliphatic rings. The Morgan fingerprint density at radius 3 is 2.56 bits per heavy atom. The topological polar surface area (TPSA) is 52.9 Å². The number of rotatable bonds is 5. The molecule has 16 heavy (non-hydrogen) atoms. The molecule has 2 rings (SSSR count). The molecule has 0 aromatic heterocycles. The summed E-state index contributed by atoms with van der Waals surface area (Å²) in [7, 11) is 0. The predicted octanol–water partition coefficient (Wildman–Crippen LogP) is 2.23. The second kappa shape index (κ2) is 5.34. The van der Waals surface area contributed by atoms with Gasteiger partial charge in [-0.15, -0.1) is 0 Å². The smallest absolute Gasteiger partial charge is 0.223 e. The molecule has 2 fully saturated rings. The average Bonchev–Trinajstić information content (AvgIpc) is 3.02. The van der Waals surface area contributed by atoms with Crippen molar-refractivity contribution in [3.63, 3.8) is 0 Å². The number of nitrogens with zero attached hydrogens (tertiary/aromatic N) is 1. The molecule has 1 N–H and O–H groups in total. The highest BCUT2D eigenvalue weighted by atomic mass is 16.2. The van der Waals surface area contributed by atoms with Gasteiger partial charge in [0, 0.05) is 18.9 Å². The van der Waals surface area contributed by atoms with Crippen molar-refractivity contribution >= 4 is 5.91 Å². The van der Waals surface area contributed by atoms with Crippen LogP contribution in [0.1, 0.15) is 44.9 Å². The van der Waals surface area contributed by atoms with E-state index in [9.17, 15) is 4.79 Å². The van der Waals surface area contributed by atoms with Crippen LogP contribution in [0, 0.1) is 29.1 Å². The first-order valence-corrected chi connectivity index (χ1v) is 6.49. The van der Waals surface area contributed by atoms with Gasteiger partial charge in [0.15, 0.2) is 0 Å². The molecule has 1 amide bonds. The van der Waals surface area contributed by atoms with Crippen LogP contribution in [0.15, 0.2) is 0 Å². The van der Waals surface area contributed by atoms with E-state index >= 15 is 0 Å². The summed E-state index contributed by atoms with van der Waals surface area (Å²) < 4.78 is 0. The van der Waals surface area contributed by atoms with Gasteiger partial charge in [-0.3, -0.25) is 4.79 Å². The molecule has 0 heterocycles. The standard InChI is InChI=1S/C13H20N2O/c14-8-4-1-5-9-15-13(16)12-10-6-2-3-7-11(10)12/h10-12H,1-7,9H2,(H,15,16). The Kier molecular flexibility index (Phi) is 3.82. The van der Waals surface area contributed by atoms with E-state index in [0.29, 0.717) is 24.2 Å². The first-order chi connectivity index (χ1) is 7.84. The van der Waals surface area contributed by atoms with Crippen molar-refractivity contribution in [2.75, 3.05) is 6.54 Å². The molecule has 2 atom stereocenters. The first-order valence-electron chi connectivity index (χ1n) is 6.49. The second-order valence-electron chi connectivity index (χ2n) is 5.04. The Labute approximate surface area is 97.2 Å². The lowest BCUT2D eigenvalue weighted by Crippen LogP contribution is -2.27. The maximum atomic E-state index is 11.8. The van der Waals surface area contributed by atoms with Crippen molar-refractivity contribution in [2.24, 2.45) is 17.8 Å². The van der Waals surface area contributed by atoms with E-state index in [2.05, 4.69) is 11.4 Å². The van der Waals surface area contributed by atoms with Gasteiger partial charge in [-0.05, 0) is 37.5 Å². The van der Waals surface area contributed by atoms with Crippen molar-refractivity contribution in [1.82, 2.24) is 5.32 Å². The number of fused-ring (bicyclic) bond motifs is 1. The lowest BCUT2D eigenvalue weighted by molar-refractivity contribution is -0.122. The largest absolute Gasteiger partial charge is 0.356 e. The molecule has 2 aliphatic carbocycles. The molecule has 0 saturated heterocycles. The van der Waals surface area contributed by atoms with Crippen LogP contribution >= 0.6 is 0 Å². The summed E-state index contributed by atoms with van der Waals surface area (Å²) in [5, 5.41) is 11.4. The summed E-state index contributed by atoms with van der Waals surface area (Å²) in [5.74, 6) is 2.01. The van der Waals surface area contributed by atoms with Crippen molar-refractivity contribution in [3.8, 4) is 6.07 Å². The number of nitrogens with one attached hydrogen (secondary N) is 1. The molecule has 0 bridgehead atoms. The van der Waals surface area contributed by atoms with Gasteiger partial charge in [-0.25, -0.2) is 0 Å². The van der Waals surface area contributed by atoms with Crippen LogP contribution in [0.5, 0.6) is 0 Å². The van der Waals surface area contributed by atoms with Crippen LogP contribution in [-0.2, 0) is 4.79 Å². The minimum absolute atomic E-state index is 0.272. The molecule has 3 nitrogen and oxygen atoms in total. The molecular weight excluding hydrogens is 200 g/mol. The zero-order chi connectivity index (χ0) is 11.4. The molecule has 0 radical (unpaired) electrons. The van der Waals surface area contributed by atoms with E-state index in [1.165, 1.54) is 25.7 Å². The summed E-state index contributed by atoms with van der Waals surface area (Å²) in [5.41, 5.74) is 0. The Balaban J connectivity index is 1.60. The van der Waals surface area contributed by atoms with Gasteiger partial charge in [0.25, 0.3) is 0 Å². The van der Waals surface area contributed by atoms with Crippen LogP contribution < -0.4 is 5.32 Å². The molecule has 0 aromatic rings. The van der Waals surface area contributed by atoms with Gasteiger partial charge in [0.05, 0.1) is 6.07 Å². The van der Waals surface area contributed by atoms with Crippen LogP contribution in [0.3, 0.4) is 0 Å². The lowest BCUT2D eigenvalue weighted by Gasteiger charge is -2.04. The van der Waals surface area contributed by atoms with Crippen molar-refractivity contribution in [2.45, 2.75) is 44.9 Å². The summed E-state index contributed by atoms with van der Waals surface area (Å²) in [6, 6.07) is 2.12. The van der Waals surface area contributed by atoms with E-state index in [4.69, 9.17) is 5.26 Å². The van der Waals surface area contributed by atoms with Gasteiger partial charge in [-0.2, -0.15) is 5.26 Å². The molecule has 0 aromatic carbocycles. The third-order valence-corrected chi connectivity index (χ3v) is 3.97. The normalized spacial score (nSPS) is 31.3. The molecule has 88 valence electrons. The maximum Gasteiger partial charge on any atom is 0.223 e. The van der Waals surface area contributed by atoms with E-state index < -0.39 is 0 Å². The SMILES string of the molecule is N#CCCCCNC(=O)C1C2CCCCC21. The molecular formula is C13H20N2O. The Bertz CT molecular complexity index is 283. The third-order valence-electron chi connectivity index (χ3n) is 3.97. The average molecular weight is 220 g/mol. The number of carbonyl (C=O) groups excluding carboxylic acids is 1. The number of unbranched alkanes of at least 4 members (excludes halogenated alkanes) is 2. The van der Waals surface area contributed by atoms with E-state index in [1.807, 2.05) is 0 Å². The molecule has 2 saturated carbocycles. The Morgan fingerprint density at radius 2 is 1.94 bits per heavy atom. The number of carbonyl (C=O) groups is 1. The minimum Gasteiger partial charge on any atom is -0.356 e. The Morgan fingerprint density at radius 1 is 1.25 bits per heavy atom. The molecule has 3 heteroatoms. The second-order valence-corrected chi connectivity index (χ2v) is 5.04. The highest BCUT2D eigenvalue weighted by Crippen LogP contribution is 2.55. The van der Waals surface area contributed by atoms with Gasteiger partial charge in [0.2, 0.25) is 5.91 Å². The summed E-state index contributed by atoms with van der Waals surface area (Å²) in [4.78, 5) is 11.8. The fourth-order valence-corrected chi connectivity index (χ4v) is 3.04. The van der Waals surface area contributed by atoms with Gasteiger partial charge < -0.3 is 5.32 Å². The quantitative estimate of drug-likeness (QED) is 0.722. The van der Waals surface area contributed by atoms with Crippen LogP contribution in [0.25, 0.3) is 0 Å². The van der Waals surface area contributed by atoms with Crippen molar-refractivity contribution in [1.29, 1.82) is 5.26 Å². The number of nitriles is 1. The monoisotopic (exact) mass is 220 g/mol. The molecule has 2 unspecified atom stereocenters. The number of hydrogen-bond donors (Lipinski definition) is 1.